The average Bonchev–Trinajstić information content (AvgIpc) is 3.40. The second-order valence-corrected chi connectivity index (χ2v) is 13.0. The Bertz CT molecular complexity index is 2080. The first-order chi connectivity index (χ1) is 22.4. The summed E-state index contributed by atoms with van der Waals surface area (Å²) < 4.78 is 1.87. The first kappa shape index (κ1) is 31.8. The van der Waals surface area contributed by atoms with Crippen LogP contribution in [0.3, 0.4) is 0 Å². The number of piperazine rings is 1. The molecule has 230 valence electrons. The van der Waals surface area contributed by atoms with Crippen molar-refractivity contribution in [3.05, 3.63) is 154 Å². The molecular weight excluding hydrogens is 659 g/mol. The number of halogens is 3. The molecule has 1 aromatic heterocycles. The van der Waals surface area contributed by atoms with E-state index in [1.807, 2.05) is 42.5 Å². The van der Waals surface area contributed by atoms with E-state index in [2.05, 4.69) is 35.2 Å². The van der Waals surface area contributed by atoms with Gasteiger partial charge in [-0.3, -0.25) is 19.1 Å². The molecule has 0 unspecified atom stereocenters. The summed E-state index contributed by atoms with van der Waals surface area (Å²) in [4.78, 5) is 32.0. The fourth-order valence-electron chi connectivity index (χ4n) is 5.66. The van der Waals surface area contributed by atoms with Crippen LogP contribution in [0.5, 0.6) is 0 Å². The van der Waals surface area contributed by atoms with Crippen LogP contribution in [0.4, 0.5) is 0 Å². The smallest absolute Gasteiger partial charge is 0.273 e. The minimum Gasteiger partial charge on any atom is -0.335 e. The molecule has 1 aliphatic heterocycles. The van der Waals surface area contributed by atoms with Crippen molar-refractivity contribution in [2.45, 2.75) is 6.04 Å². The zero-order valence-electron chi connectivity index (χ0n) is 24.4. The van der Waals surface area contributed by atoms with Crippen LogP contribution in [-0.2, 0) is 4.79 Å². The summed E-state index contributed by atoms with van der Waals surface area (Å²) in [7, 11) is 0. The third-order valence-electron chi connectivity index (χ3n) is 7.91. The van der Waals surface area contributed by atoms with Crippen LogP contribution in [0.1, 0.15) is 22.7 Å². The minimum atomic E-state index is -0.433. The van der Waals surface area contributed by atoms with Crippen LogP contribution < -0.4 is 14.8 Å². The molecule has 4 aromatic carbocycles. The van der Waals surface area contributed by atoms with E-state index < -0.39 is 11.5 Å². The number of carbonyl (C=O) groups excluding carboxylic acids is 1. The molecule has 6 nitrogen and oxygen atoms in total. The van der Waals surface area contributed by atoms with E-state index in [1.165, 1.54) is 15.7 Å². The third kappa shape index (κ3) is 6.54. The van der Waals surface area contributed by atoms with E-state index in [1.54, 1.807) is 47.4 Å². The van der Waals surface area contributed by atoms with Crippen molar-refractivity contribution in [2.75, 3.05) is 26.2 Å². The lowest BCUT2D eigenvalue weighted by Gasteiger charge is -2.39. The number of rotatable bonds is 6. The molecule has 5 aromatic rings. The quantitative estimate of drug-likeness (QED) is 0.211. The van der Waals surface area contributed by atoms with Gasteiger partial charge in [-0.2, -0.15) is 5.26 Å². The van der Waals surface area contributed by atoms with Gasteiger partial charge in [0.25, 0.3) is 11.5 Å². The van der Waals surface area contributed by atoms with E-state index in [0.717, 1.165) is 11.3 Å². The molecule has 6 rings (SSSR count). The summed E-state index contributed by atoms with van der Waals surface area (Å²) in [6.45, 7) is 2.05. The Labute approximate surface area is 285 Å². The molecule has 0 radical (unpaired) electrons. The molecule has 0 bridgehead atoms. The first-order valence-electron chi connectivity index (χ1n) is 14.6. The minimum absolute atomic E-state index is 0.0269. The van der Waals surface area contributed by atoms with Crippen LogP contribution in [-0.4, -0.2) is 46.5 Å². The van der Waals surface area contributed by atoms with Gasteiger partial charge in [0.1, 0.15) is 10.7 Å². The molecular formula is C36H27Cl3N4O2S. The van der Waals surface area contributed by atoms with Crippen molar-refractivity contribution in [1.29, 1.82) is 5.26 Å². The number of benzene rings is 4. The summed E-state index contributed by atoms with van der Waals surface area (Å²) >= 11 is 20.0. The normalized spacial score (nSPS) is 14.8. The highest BCUT2D eigenvalue weighted by atomic mass is 35.5. The van der Waals surface area contributed by atoms with Gasteiger partial charge in [-0.05, 0) is 47.0 Å². The van der Waals surface area contributed by atoms with E-state index in [9.17, 15) is 14.9 Å². The summed E-state index contributed by atoms with van der Waals surface area (Å²) in [5.74, 6) is -0.433. The van der Waals surface area contributed by atoms with Crippen LogP contribution >= 0.6 is 46.1 Å². The summed E-state index contributed by atoms with van der Waals surface area (Å²) in [5, 5.41) is 11.4. The largest absolute Gasteiger partial charge is 0.335 e. The lowest BCUT2D eigenvalue weighted by Crippen LogP contribution is -2.50. The van der Waals surface area contributed by atoms with Crippen LogP contribution in [0, 0.1) is 11.3 Å². The first-order valence-corrected chi connectivity index (χ1v) is 16.5. The summed E-state index contributed by atoms with van der Waals surface area (Å²) in [6, 6.07) is 34.7. The molecule has 2 heterocycles. The van der Waals surface area contributed by atoms with Crippen LogP contribution in [0.2, 0.25) is 15.1 Å². The number of aromatic nitrogens is 1. The molecule has 1 fully saturated rings. The van der Waals surface area contributed by atoms with Gasteiger partial charge in [0.15, 0.2) is 5.57 Å². The Morgan fingerprint density at radius 2 is 1.39 bits per heavy atom. The van der Waals surface area contributed by atoms with E-state index in [0.29, 0.717) is 52.0 Å². The van der Waals surface area contributed by atoms with Crippen molar-refractivity contribution in [3.8, 4) is 11.8 Å². The van der Waals surface area contributed by atoms with Crippen molar-refractivity contribution in [3.63, 3.8) is 0 Å². The molecule has 46 heavy (non-hydrogen) atoms. The Balaban J connectivity index is 1.39. The molecule has 0 aliphatic carbocycles. The average molecular weight is 686 g/mol. The van der Waals surface area contributed by atoms with Crippen LogP contribution in [0.25, 0.3) is 17.3 Å². The zero-order chi connectivity index (χ0) is 32.2. The number of hydrogen-bond acceptors (Lipinski definition) is 5. The zero-order valence-corrected chi connectivity index (χ0v) is 27.5. The highest BCUT2D eigenvalue weighted by Gasteiger charge is 2.30. The maximum atomic E-state index is 14.0. The lowest BCUT2D eigenvalue weighted by molar-refractivity contribution is -0.126. The molecule has 1 aliphatic rings. The van der Waals surface area contributed by atoms with Gasteiger partial charge in [-0.15, -0.1) is 11.3 Å². The predicted molar refractivity (Wildman–Crippen MR) is 186 cm³/mol. The fourth-order valence-corrected chi connectivity index (χ4v) is 7.23. The van der Waals surface area contributed by atoms with E-state index >= 15 is 0 Å². The molecule has 0 saturated carbocycles. The number of nitrogens with zero attached hydrogens (tertiary/aromatic N) is 4. The van der Waals surface area contributed by atoms with Gasteiger partial charge in [-0.25, -0.2) is 0 Å². The molecule has 0 N–H and O–H groups in total. The predicted octanol–water partition coefficient (Wildman–Crippen LogP) is 6.30. The van der Waals surface area contributed by atoms with Gasteiger partial charge in [0, 0.05) is 31.2 Å². The number of nitriles is 1. The molecule has 0 atom stereocenters. The highest BCUT2D eigenvalue weighted by Crippen LogP contribution is 2.30. The third-order valence-corrected chi connectivity index (χ3v) is 10.1. The van der Waals surface area contributed by atoms with Crippen molar-refractivity contribution >= 4 is 63.7 Å². The van der Waals surface area contributed by atoms with Gasteiger partial charge < -0.3 is 4.90 Å². The molecule has 1 amide bonds. The summed E-state index contributed by atoms with van der Waals surface area (Å²) in [6.07, 6.45) is 1.67. The number of carbonyl (C=O) groups is 1. The molecule has 10 heteroatoms. The van der Waals surface area contributed by atoms with Crippen molar-refractivity contribution in [1.82, 2.24) is 14.4 Å². The SMILES string of the molecule is N#C/C(C(=O)N1CCN(C(c2ccccc2)c2ccccc2)CC1)=c1/s/c(=C/c2ccccc2Cl)c(=O)n1-c1ccc(Cl)c(Cl)c1. The molecule has 0 spiro atoms. The number of hydrogen-bond donors (Lipinski definition) is 0. The Kier molecular flexibility index (Phi) is 9.74. The highest BCUT2D eigenvalue weighted by molar-refractivity contribution is 7.07. The number of thiazole rings is 1. The van der Waals surface area contributed by atoms with Crippen molar-refractivity contribution in [2.24, 2.45) is 0 Å². The standard InChI is InChI=1S/C36H27Cl3N4O2S/c37-29-14-8-7-13-26(29)21-32-35(45)43(27-15-16-30(38)31(39)22-27)36(46-32)28(23-40)34(44)42-19-17-41(18-20-42)33(24-9-3-1-4-10-24)25-11-5-2-6-12-25/h1-16,21-22,33H,17-20H2/b32-21+,36-28-. The maximum Gasteiger partial charge on any atom is 0.273 e. The topological polar surface area (TPSA) is 69.3 Å². The van der Waals surface area contributed by atoms with Gasteiger partial charge >= 0.3 is 0 Å². The van der Waals surface area contributed by atoms with Crippen LogP contribution in [0.15, 0.2) is 108 Å². The second kappa shape index (κ2) is 14.1. The number of amides is 1. The van der Waals surface area contributed by atoms with Crippen molar-refractivity contribution < 1.29 is 4.79 Å². The Morgan fingerprint density at radius 1 is 0.783 bits per heavy atom. The fraction of sp³-hybridized carbons (Fsp3) is 0.139. The van der Waals surface area contributed by atoms with Gasteiger partial charge in [0.05, 0.1) is 26.3 Å². The lowest BCUT2D eigenvalue weighted by atomic mass is 9.96. The summed E-state index contributed by atoms with van der Waals surface area (Å²) in [5.41, 5.74) is 2.85. The van der Waals surface area contributed by atoms with E-state index in [4.69, 9.17) is 34.8 Å². The second-order valence-electron chi connectivity index (χ2n) is 10.7. The molecule has 1 saturated heterocycles. The monoisotopic (exact) mass is 684 g/mol. The van der Waals surface area contributed by atoms with E-state index in [-0.39, 0.29) is 21.3 Å². The van der Waals surface area contributed by atoms with Gasteiger partial charge in [0.2, 0.25) is 0 Å². The Hall–Kier alpha value is -4.16. The van der Waals surface area contributed by atoms with Gasteiger partial charge in [-0.1, -0.05) is 114 Å². The maximum absolute atomic E-state index is 14.0. The Morgan fingerprint density at radius 3 is 1.98 bits per heavy atom.